The van der Waals surface area contributed by atoms with E-state index in [1.807, 2.05) is 6.92 Å². The predicted octanol–water partition coefficient (Wildman–Crippen LogP) is 5.37. The lowest BCUT2D eigenvalue weighted by Gasteiger charge is -2.21. The number of carbonyl (C=O) groups is 2. The largest absolute Gasteiger partial charge is 0.616 e. The Morgan fingerprint density at radius 3 is 2.42 bits per heavy atom. The summed E-state index contributed by atoms with van der Waals surface area (Å²) in [6, 6.07) is 10.1. The summed E-state index contributed by atoms with van der Waals surface area (Å²) in [5.41, 5.74) is 0.983. The number of hydrogen-bond donors (Lipinski definition) is 1. The first kappa shape index (κ1) is 29.4. The molecule has 7 nitrogen and oxygen atoms in total. The third-order valence-corrected chi connectivity index (χ3v) is 7.11. The molecule has 202 valence electrons. The van der Waals surface area contributed by atoms with Crippen LogP contribution in [0.3, 0.4) is 0 Å². The fraction of sp³-hybridized carbons (Fsp3) is 0.321. The highest BCUT2D eigenvalue weighted by Crippen LogP contribution is 2.31. The van der Waals surface area contributed by atoms with E-state index in [2.05, 4.69) is 5.32 Å². The maximum Gasteiger partial charge on any atom is 0.407 e. The van der Waals surface area contributed by atoms with Crippen molar-refractivity contribution in [1.82, 2.24) is 9.88 Å². The summed E-state index contributed by atoms with van der Waals surface area (Å²) < 4.78 is 33.6. The van der Waals surface area contributed by atoms with Crippen LogP contribution in [0.15, 0.2) is 53.5 Å². The number of carbonyl (C=O) groups excluding carboxylic acids is 2. The number of benzene rings is 2. The van der Waals surface area contributed by atoms with Crippen molar-refractivity contribution < 1.29 is 23.3 Å². The molecule has 3 aromatic rings. The normalized spacial score (nSPS) is 12.2. The standard InChI is InChI=1S/C28H30ClFN2O5S/c1-6-38(36)16-17-7-9-20(26(34)21-10-8-19(29)13-24(21)30)22(11-17)23-15-32(5)25(33)12-18(23)14-31-27(35)37-28(2,3)4/h7-13,15H,6,14,16H2,1-5H3,(H,31,35). The molecular formula is C28H30ClFN2O5S. The highest BCUT2D eigenvalue weighted by atomic mass is 35.5. The lowest BCUT2D eigenvalue weighted by Crippen LogP contribution is -2.32. The van der Waals surface area contributed by atoms with Crippen molar-refractivity contribution >= 4 is 34.7 Å². The van der Waals surface area contributed by atoms with E-state index in [-0.39, 0.29) is 34.0 Å². The van der Waals surface area contributed by atoms with Gasteiger partial charge in [-0.05, 0) is 80.3 Å². The van der Waals surface area contributed by atoms with Gasteiger partial charge >= 0.3 is 6.09 Å². The lowest BCUT2D eigenvalue weighted by atomic mass is 9.91. The number of aryl methyl sites for hydroxylation is 1. The molecule has 0 saturated carbocycles. The van der Waals surface area contributed by atoms with Crippen LogP contribution in [-0.4, -0.2) is 32.4 Å². The predicted molar refractivity (Wildman–Crippen MR) is 147 cm³/mol. The molecule has 0 radical (unpaired) electrons. The molecule has 0 bridgehead atoms. The summed E-state index contributed by atoms with van der Waals surface area (Å²) in [4.78, 5) is 38.4. The highest BCUT2D eigenvalue weighted by molar-refractivity contribution is 7.90. The van der Waals surface area contributed by atoms with Crippen LogP contribution in [0, 0.1) is 5.82 Å². The fourth-order valence-electron chi connectivity index (χ4n) is 3.75. The minimum absolute atomic E-state index is 0.0611. The molecular weight excluding hydrogens is 531 g/mol. The van der Waals surface area contributed by atoms with Crippen molar-refractivity contribution in [2.24, 2.45) is 7.05 Å². The minimum Gasteiger partial charge on any atom is -0.616 e. The number of nitrogens with zero attached hydrogens (tertiary/aromatic N) is 1. The number of alkyl carbamates (subject to hydrolysis) is 1. The molecule has 0 aliphatic rings. The summed E-state index contributed by atoms with van der Waals surface area (Å²) in [7, 11) is 1.56. The molecule has 1 unspecified atom stereocenters. The van der Waals surface area contributed by atoms with Gasteiger partial charge in [-0.15, -0.1) is 0 Å². The lowest BCUT2D eigenvalue weighted by molar-refractivity contribution is 0.0523. The molecule has 0 fully saturated rings. The Labute approximate surface area is 229 Å². The number of amides is 1. The average molecular weight is 561 g/mol. The molecule has 1 atom stereocenters. The zero-order chi connectivity index (χ0) is 28.2. The van der Waals surface area contributed by atoms with E-state index in [0.717, 1.165) is 6.07 Å². The van der Waals surface area contributed by atoms with Gasteiger partial charge in [-0.2, -0.15) is 0 Å². The summed E-state index contributed by atoms with van der Waals surface area (Å²) in [6.07, 6.45) is 0.884. The first-order valence-corrected chi connectivity index (χ1v) is 13.8. The maximum atomic E-state index is 14.7. The van der Waals surface area contributed by atoms with Crippen molar-refractivity contribution in [3.05, 3.63) is 92.1 Å². The molecule has 0 spiro atoms. The van der Waals surface area contributed by atoms with Crippen LogP contribution in [0.4, 0.5) is 9.18 Å². The first-order valence-electron chi connectivity index (χ1n) is 11.9. The first-order chi connectivity index (χ1) is 17.8. The number of pyridine rings is 1. The van der Waals surface area contributed by atoms with E-state index >= 15 is 0 Å². The van der Waals surface area contributed by atoms with Crippen LogP contribution in [0.1, 0.15) is 54.7 Å². The van der Waals surface area contributed by atoms with Gasteiger partial charge in [0.25, 0.3) is 5.56 Å². The summed E-state index contributed by atoms with van der Waals surface area (Å²) in [6.45, 7) is 6.95. The zero-order valence-electron chi connectivity index (χ0n) is 21.9. The van der Waals surface area contributed by atoms with Crippen LogP contribution in [0.25, 0.3) is 11.1 Å². The van der Waals surface area contributed by atoms with Gasteiger partial charge in [-0.25, -0.2) is 9.18 Å². The number of ether oxygens (including phenoxy) is 1. The number of rotatable bonds is 8. The molecule has 1 amide bonds. The van der Waals surface area contributed by atoms with Crippen molar-refractivity contribution in [3.8, 4) is 11.1 Å². The second kappa shape index (κ2) is 12.1. The Morgan fingerprint density at radius 2 is 1.79 bits per heavy atom. The topological polar surface area (TPSA) is 100 Å². The number of aromatic nitrogens is 1. The van der Waals surface area contributed by atoms with E-state index in [9.17, 15) is 23.3 Å². The second-order valence-corrected chi connectivity index (χ2v) is 11.9. The average Bonchev–Trinajstić information content (AvgIpc) is 2.83. The van der Waals surface area contributed by atoms with Crippen molar-refractivity contribution in [2.75, 3.05) is 5.75 Å². The zero-order valence-corrected chi connectivity index (χ0v) is 23.5. The van der Waals surface area contributed by atoms with E-state index in [1.54, 1.807) is 52.2 Å². The number of halogens is 2. The number of ketones is 1. The van der Waals surface area contributed by atoms with Crippen molar-refractivity contribution in [2.45, 2.75) is 45.6 Å². The molecule has 1 aromatic heterocycles. The van der Waals surface area contributed by atoms with Crippen LogP contribution in [-0.2, 0) is 35.3 Å². The summed E-state index contributed by atoms with van der Waals surface area (Å²) in [5.74, 6) is -0.643. The van der Waals surface area contributed by atoms with Crippen molar-refractivity contribution in [1.29, 1.82) is 0 Å². The fourth-order valence-corrected chi connectivity index (χ4v) is 4.66. The SMILES string of the molecule is CC[S+]([O-])Cc1ccc(C(=O)c2ccc(Cl)cc2F)c(-c2cn(C)c(=O)cc2CNC(=O)OC(C)(C)C)c1. The van der Waals surface area contributed by atoms with Crippen LogP contribution in [0.2, 0.25) is 5.02 Å². The molecule has 38 heavy (non-hydrogen) atoms. The van der Waals surface area contributed by atoms with Gasteiger partial charge in [0.2, 0.25) is 0 Å². The van der Waals surface area contributed by atoms with Gasteiger partial charge in [0.15, 0.2) is 5.78 Å². The summed E-state index contributed by atoms with van der Waals surface area (Å²) >= 11 is 4.75. The molecule has 0 saturated heterocycles. The van der Waals surface area contributed by atoms with E-state index in [1.165, 1.54) is 22.8 Å². The molecule has 10 heteroatoms. The Morgan fingerprint density at radius 1 is 1.11 bits per heavy atom. The van der Waals surface area contributed by atoms with Gasteiger partial charge in [0.1, 0.15) is 22.9 Å². The quantitative estimate of drug-likeness (QED) is 0.295. The highest BCUT2D eigenvalue weighted by Gasteiger charge is 2.23. The van der Waals surface area contributed by atoms with Crippen LogP contribution in [0.5, 0.6) is 0 Å². The molecule has 1 heterocycles. The van der Waals surface area contributed by atoms with Gasteiger partial charge < -0.3 is 19.2 Å². The Hall–Kier alpha value is -3.14. The monoisotopic (exact) mass is 560 g/mol. The van der Waals surface area contributed by atoms with Crippen LogP contribution >= 0.6 is 11.6 Å². The van der Waals surface area contributed by atoms with Gasteiger partial charge in [0, 0.05) is 47.6 Å². The Kier molecular flexibility index (Phi) is 9.40. The maximum absolute atomic E-state index is 14.7. The molecule has 1 N–H and O–H groups in total. The van der Waals surface area contributed by atoms with E-state index in [4.69, 9.17) is 16.3 Å². The van der Waals surface area contributed by atoms with Gasteiger partial charge in [-0.1, -0.05) is 17.7 Å². The van der Waals surface area contributed by atoms with E-state index < -0.39 is 34.5 Å². The summed E-state index contributed by atoms with van der Waals surface area (Å²) in [5, 5.41) is 2.80. The van der Waals surface area contributed by atoms with E-state index in [0.29, 0.717) is 28.0 Å². The molecule has 3 rings (SSSR count). The second-order valence-electron chi connectivity index (χ2n) is 9.72. The Bertz CT molecular complexity index is 1420. The third-order valence-electron chi connectivity index (χ3n) is 5.58. The van der Waals surface area contributed by atoms with Gasteiger partial charge in [-0.3, -0.25) is 9.59 Å². The third kappa shape index (κ3) is 7.46. The number of nitrogens with one attached hydrogen (secondary N) is 1. The number of hydrogen-bond acceptors (Lipinski definition) is 5. The minimum atomic E-state index is -1.12. The van der Waals surface area contributed by atoms with Crippen LogP contribution < -0.4 is 10.9 Å². The molecule has 0 aliphatic heterocycles. The molecule has 2 aromatic carbocycles. The van der Waals surface area contributed by atoms with Crippen molar-refractivity contribution in [3.63, 3.8) is 0 Å². The Balaban J connectivity index is 2.16. The molecule has 0 aliphatic carbocycles. The van der Waals surface area contributed by atoms with Gasteiger partial charge in [0.05, 0.1) is 5.56 Å². The smallest absolute Gasteiger partial charge is 0.407 e.